The lowest BCUT2D eigenvalue weighted by atomic mass is 9.81. The zero-order valence-electron chi connectivity index (χ0n) is 12.2. The molecule has 0 bridgehead atoms. The molecule has 2 N–H and O–H groups in total. The highest BCUT2D eigenvalue weighted by Crippen LogP contribution is 2.34. The molecule has 0 aliphatic heterocycles. The van der Waals surface area contributed by atoms with Crippen molar-refractivity contribution in [3.8, 4) is 0 Å². The molecule has 0 radical (unpaired) electrons. The van der Waals surface area contributed by atoms with Crippen molar-refractivity contribution < 1.29 is 8.42 Å². The maximum atomic E-state index is 11.7. The van der Waals surface area contributed by atoms with Gasteiger partial charge in [-0.05, 0) is 43.9 Å². The van der Waals surface area contributed by atoms with Crippen LogP contribution < -0.4 is 5.73 Å². The van der Waals surface area contributed by atoms with E-state index in [0.717, 1.165) is 38.0 Å². The fourth-order valence-electron chi connectivity index (χ4n) is 3.92. The van der Waals surface area contributed by atoms with Gasteiger partial charge in [0.1, 0.15) is 9.84 Å². The van der Waals surface area contributed by atoms with Crippen molar-refractivity contribution in [3.63, 3.8) is 0 Å². The molecule has 19 heavy (non-hydrogen) atoms. The molecule has 2 rings (SSSR count). The van der Waals surface area contributed by atoms with Crippen LogP contribution in [0.5, 0.6) is 0 Å². The first-order valence-corrected chi connectivity index (χ1v) is 9.86. The second kappa shape index (κ2) is 6.57. The molecule has 2 aliphatic rings. The quantitative estimate of drug-likeness (QED) is 0.846. The van der Waals surface area contributed by atoms with Crippen molar-refractivity contribution in [1.82, 2.24) is 0 Å². The molecule has 0 heterocycles. The van der Waals surface area contributed by atoms with Gasteiger partial charge in [-0.2, -0.15) is 0 Å². The van der Waals surface area contributed by atoms with E-state index in [9.17, 15) is 8.42 Å². The molecule has 0 aromatic heterocycles. The largest absolute Gasteiger partial charge is 0.327 e. The summed E-state index contributed by atoms with van der Waals surface area (Å²) in [4.78, 5) is 0. The van der Waals surface area contributed by atoms with Crippen LogP contribution in [0.3, 0.4) is 0 Å². The van der Waals surface area contributed by atoms with Crippen LogP contribution in [0.25, 0.3) is 0 Å². The van der Waals surface area contributed by atoms with Gasteiger partial charge in [-0.25, -0.2) is 8.42 Å². The molecule has 0 amide bonds. The summed E-state index contributed by atoms with van der Waals surface area (Å²) in [6.07, 6.45) is 13.0. The zero-order chi connectivity index (χ0) is 13.9. The summed E-state index contributed by atoms with van der Waals surface area (Å²) in [5, 5.41) is -0.135. The van der Waals surface area contributed by atoms with Gasteiger partial charge in [-0.3, -0.25) is 0 Å². The third kappa shape index (κ3) is 4.45. The maximum Gasteiger partial charge on any atom is 0.150 e. The first kappa shape index (κ1) is 15.3. The summed E-state index contributed by atoms with van der Waals surface area (Å²) >= 11 is 0. The third-order valence-electron chi connectivity index (χ3n) is 5.26. The van der Waals surface area contributed by atoms with Gasteiger partial charge in [0, 0.05) is 12.3 Å². The van der Waals surface area contributed by atoms with Gasteiger partial charge in [0.05, 0.1) is 5.25 Å². The molecule has 3 atom stereocenters. The molecular weight excluding hydrogens is 258 g/mol. The monoisotopic (exact) mass is 287 g/mol. The van der Waals surface area contributed by atoms with Gasteiger partial charge in [0.2, 0.25) is 0 Å². The molecule has 3 unspecified atom stereocenters. The summed E-state index contributed by atoms with van der Waals surface area (Å²) in [5.41, 5.74) is 6.34. The minimum Gasteiger partial charge on any atom is -0.327 e. The van der Waals surface area contributed by atoms with E-state index < -0.39 is 9.84 Å². The molecule has 3 nitrogen and oxygen atoms in total. The molecule has 4 heteroatoms. The van der Waals surface area contributed by atoms with E-state index in [2.05, 4.69) is 0 Å². The van der Waals surface area contributed by atoms with E-state index in [1.165, 1.54) is 38.4 Å². The first-order chi connectivity index (χ1) is 8.97. The van der Waals surface area contributed by atoms with E-state index in [1.54, 1.807) is 0 Å². The second-order valence-corrected chi connectivity index (χ2v) is 9.10. The van der Waals surface area contributed by atoms with Gasteiger partial charge in [-0.1, -0.05) is 32.1 Å². The minimum atomic E-state index is -2.88. The van der Waals surface area contributed by atoms with Crippen LogP contribution in [0.15, 0.2) is 0 Å². The Hall–Kier alpha value is -0.0900. The highest BCUT2D eigenvalue weighted by Gasteiger charge is 2.31. The summed E-state index contributed by atoms with van der Waals surface area (Å²) in [7, 11) is -2.88. The van der Waals surface area contributed by atoms with Gasteiger partial charge in [0.15, 0.2) is 0 Å². The van der Waals surface area contributed by atoms with Crippen LogP contribution in [0.4, 0.5) is 0 Å². The van der Waals surface area contributed by atoms with E-state index >= 15 is 0 Å². The van der Waals surface area contributed by atoms with Gasteiger partial charge < -0.3 is 5.73 Å². The maximum absolute atomic E-state index is 11.7. The molecule has 112 valence electrons. The van der Waals surface area contributed by atoms with Crippen molar-refractivity contribution in [2.24, 2.45) is 17.6 Å². The summed E-state index contributed by atoms with van der Waals surface area (Å²) in [5.74, 6) is 1.32. The zero-order valence-corrected chi connectivity index (χ0v) is 13.0. The van der Waals surface area contributed by atoms with Crippen LogP contribution in [0, 0.1) is 11.8 Å². The SMILES string of the molecule is CS(=O)(=O)C1CCCC(C(N)CCC2CCCC2)C1. The summed E-state index contributed by atoms with van der Waals surface area (Å²) in [6, 6.07) is 0.213. The smallest absolute Gasteiger partial charge is 0.150 e. The number of nitrogens with two attached hydrogens (primary N) is 1. The van der Waals surface area contributed by atoms with Gasteiger partial charge in [0.25, 0.3) is 0 Å². The molecule has 2 fully saturated rings. The minimum absolute atomic E-state index is 0.135. The van der Waals surface area contributed by atoms with E-state index in [4.69, 9.17) is 5.73 Å². The topological polar surface area (TPSA) is 60.2 Å². The van der Waals surface area contributed by atoms with Crippen LogP contribution in [0.2, 0.25) is 0 Å². The Bertz CT molecular complexity index is 374. The number of sulfone groups is 1. The third-order valence-corrected chi connectivity index (χ3v) is 6.90. The van der Waals surface area contributed by atoms with Crippen LogP contribution >= 0.6 is 0 Å². The Labute approximate surface area is 118 Å². The van der Waals surface area contributed by atoms with Crippen molar-refractivity contribution in [1.29, 1.82) is 0 Å². The van der Waals surface area contributed by atoms with E-state index in [0.29, 0.717) is 5.92 Å². The Kier molecular flexibility index (Phi) is 5.29. The van der Waals surface area contributed by atoms with E-state index in [-0.39, 0.29) is 11.3 Å². The lowest BCUT2D eigenvalue weighted by Gasteiger charge is -2.32. The lowest BCUT2D eigenvalue weighted by molar-refractivity contribution is 0.282. The predicted octanol–water partition coefficient (Wildman–Crippen LogP) is 2.89. The molecule has 2 aliphatic carbocycles. The Morgan fingerprint density at radius 1 is 1.11 bits per heavy atom. The molecule has 0 aromatic rings. The Morgan fingerprint density at radius 2 is 1.79 bits per heavy atom. The van der Waals surface area contributed by atoms with Crippen LogP contribution in [-0.4, -0.2) is 26.0 Å². The standard InChI is InChI=1S/C15H29NO2S/c1-19(17,18)14-8-4-7-13(11-14)15(16)10-9-12-5-2-3-6-12/h12-15H,2-11,16H2,1H3. The average Bonchev–Trinajstić information content (AvgIpc) is 2.88. The van der Waals surface area contributed by atoms with Crippen molar-refractivity contribution in [2.75, 3.05) is 6.26 Å². The van der Waals surface area contributed by atoms with Crippen LogP contribution in [0.1, 0.15) is 64.2 Å². The highest BCUT2D eigenvalue weighted by atomic mass is 32.2. The first-order valence-electron chi connectivity index (χ1n) is 7.91. The van der Waals surface area contributed by atoms with Crippen molar-refractivity contribution in [2.45, 2.75) is 75.5 Å². The molecule has 0 spiro atoms. The number of hydrogen-bond donors (Lipinski definition) is 1. The van der Waals surface area contributed by atoms with Gasteiger partial charge in [-0.15, -0.1) is 0 Å². The molecule has 0 aromatic carbocycles. The van der Waals surface area contributed by atoms with Crippen molar-refractivity contribution in [3.05, 3.63) is 0 Å². The second-order valence-electron chi connectivity index (χ2n) is 6.77. The highest BCUT2D eigenvalue weighted by molar-refractivity contribution is 7.91. The molecule has 2 saturated carbocycles. The van der Waals surface area contributed by atoms with Crippen molar-refractivity contribution >= 4 is 9.84 Å². The average molecular weight is 287 g/mol. The van der Waals surface area contributed by atoms with Crippen LogP contribution in [-0.2, 0) is 9.84 Å². The molecular formula is C15H29NO2S. The fourth-order valence-corrected chi connectivity index (χ4v) is 5.11. The Balaban J connectivity index is 1.79. The molecule has 0 saturated heterocycles. The fraction of sp³-hybridized carbons (Fsp3) is 1.00. The number of hydrogen-bond acceptors (Lipinski definition) is 3. The number of rotatable bonds is 5. The summed E-state index contributed by atoms with van der Waals surface area (Å²) in [6.45, 7) is 0. The summed E-state index contributed by atoms with van der Waals surface area (Å²) < 4.78 is 23.4. The Morgan fingerprint density at radius 3 is 2.42 bits per heavy atom. The predicted molar refractivity (Wildman–Crippen MR) is 79.8 cm³/mol. The normalized spacial score (nSPS) is 31.5. The van der Waals surface area contributed by atoms with Gasteiger partial charge >= 0.3 is 0 Å². The van der Waals surface area contributed by atoms with E-state index in [1.807, 2.05) is 0 Å². The lowest BCUT2D eigenvalue weighted by Crippen LogP contribution is -2.37.